The molecule has 0 saturated carbocycles. The first-order valence-electron chi connectivity index (χ1n) is 10.0. The molecule has 1 rings (SSSR count). The number of rotatable bonds is 15. The molecule has 6 heteroatoms. The molecule has 0 aliphatic carbocycles. The van der Waals surface area contributed by atoms with E-state index in [1.807, 2.05) is 0 Å². The zero-order chi connectivity index (χ0) is 18.3. The molecule has 0 bridgehead atoms. The smallest absolute Gasteiger partial charge is 0.186 e. The fraction of sp³-hybridized carbons (Fsp3) is 1.00. The summed E-state index contributed by atoms with van der Waals surface area (Å²) in [4.78, 5) is 0. The van der Waals surface area contributed by atoms with Crippen LogP contribution in [0.5, 0.6) is 0 Å². The fourth-order valence-corrected chi connectivity index (χ4v) is 2.94. The molecule has 0 amide bonds. The van der Waals surface area contributed by atoms with Crippen LogP contribution in [0.4, 0.5) is 0 Å². The van der Waals surface area contributed by atoms with E-state index in [9.17, 15) is 15.3 Å². The van der Waals surface area contributed by atoms with Gasteiger partial charge in [0.05, 0.1) is 19.8 Å². The second-order valence-corrected chi connectivity index (χ2v) is 6.92. The fourth-order valence-electron chi connectivity index (χ4n) is 2.94. The Hall–Kier alpha value is -0.240. The quantitative estimate of drug-likeness (QED) is 0.388. The second-order valence-electron chi connectivity index (χ2n) is 6.92. The minimum absolute atomic E-state index is 0.0393. The third-order valence-corrected chi connectivity index (χ3v) is 4.61. The molecule has 25 heavy (non-hydrogen) atoms. The van der Waals surface area contributed by atoms with Crippen LogP contribution in [0.2, 0.25) is 0 Å². The van der Waals surface area contributed by atoms with Crippen LogP contribution in [0, 0.1) is 0 Å². The molecule has 1 aliphatic heterocycles. The molecular weight excluding hydrogens is 324 g/mol. The largest absolute Gasteiger partial charge is 0.388 e. The summed E-state index contributed by atoms with van der Waals surface area (Å²) in [6, 6.07) is 0. The minimum atomic E-state index is -1.23. The first kappa shape index (κ1) is 22.8. The maximum atomic E-state index is 9.71. The Kier molecular flexibility index (Phi) is 13.6. The summed E-state index contributed by atoms with van der Waals surface area (Å²) in [7, 11) is 0. The van der Waals surface area contributed by atoms with Gasteiger partial charge in [-0.1, -0.05) is 64.7 Å². The van der Waals surface area contributed by atoms with E-state index in [1.165, 1.54) is 57.8 Å². The van der Waals surface area contributed by atoms with Gasteiger partial charge >= 0.3 is 0 Å². The summed E-state index contributed by atoms with van der Waals surface area (Å²) in [6.45, 7) is 3.65. The maximum Gasteiger partial charge on any atom is 0.186 e. The molecule has 1 saturated heterocycles. The summed E-state index contributed by atoms with van der Waals surface area (Å²) in [5.41, 5.74) is 0. The Labute approximate surface area is 152 Å². The van der Waals surface area contributed by atoms with Crippen LogP contribution >= 0.6 is 0 Å². The van der Waals surface area contributed by atoms with Crippen LogP contribution in [-0.2, 0) is 14.2 Å². The van der Waals surface area contributed by atoms with Gasteiger partial charge in [0.15, 0.2) is 6.29 Å². The molecule has 150 valence electrons. The van der Waals surface area contributed by atoms with Crippen molar-refractivity contribution in [1.29, 1.82) is 0 Å². The predicted molar refractivity (Wildman–Crippen MR) is 96.4 cm³/mol. The number of hydrogen-bond acceptors (Lipinski definition) is 6. The van der Waals surface area contributed by atoms with Crippen LogP contribution in [0.1, 0.15) is 71.1 Å². The second kappa shape index (κ2) is 14.9. The SMILES string of the molecule is CCCCCCCCCCCCOCCO[C@H]1OC[C@@H](O)[C@H](O)[C@H]1O. The molecule has 3 N–H and O–H groups in total. The van der Waals surface area contributed by atoms with Crippen LogP contribution in [-0.4, -0.2) is 66.3 Å². The number of ether oxygens (including phenoxy) is 3. The van der Waals surface area contributed by atoms with E-state index >= 15 is 0 Å². The highest BCUT2D eigenvalue weighted by atomic mass is 16.7. The van der Waals surface area contributed by atoms with E-state index < -0.39 is 24.6 Å². The highest BCUT2D eigenvalue weighted by molar-refractivity contribution is 4.82. The van der Waals surface area contributed by atoms with Gasteiger partial charge in [-0.3, -0.25) is 0 Å². The summed E-state index contributed by atoms with van der Waals surface area (Å²) in [5, 5.41) is 28.6. The van der Waals surface area contributed by atoms with Crippen molar-refractivity contribution in [2.45, 2.75) is 95.7 Å². The van der Waals surface area contributed by atoms with Gasteiger partial charge in [-0.25, -0.2) is 0 Å². The number of unbranched alkanes of at least 4 members (excludes halogenated alkanes) is 9. The Morgan fingerprint density at radius 3 is 2.00 bits per heavy atom. The van der Waals surface area contributed by atoms with E-state index in [0.29, 0.717) is 13.2 Å². The molecule has 1 aliphatic rings. The lowest BCUT2D eigenvalue weighted by molar-refractivity contribution is -0.271. The zero-order valence-electron chi connectivity index (χ0n) is 15.8. The van der Waals surface area contributed by atoms with Crippen LogP contribution in [0.15, 0.2) is 0 Å². The minimum Gasteiger partial charge on any atom is -0.388 e. The lowest BCUT2D eigenvalue weighted by Gasteiger charge is -2.34. The van der Waals surface area contributed by atoms with Crippen LogP contribution in [0.3, 0.4) is 0 Å². The summed E-state index contributed by atoms with van der Waals surface area (Å²) >= 11 is 0. The first-order chi connectivity index (χ1) is 12.2. The molecular formula is C19H38O6. The van der Waals surface area contributed by atoms with Gasteiger partial charge < -0.3 is 29.5 Å². The van der Waals surface area contributed by atoms with Crippen molar-refractivity contribution < 1.29 is 29.5 Å². The summed E-state index contributed by atoms with van der Waals surface area (Å²) in [6.07, 6.45) is 8.58. The van der Waals surface area contributed by atoms with Gasteiger partial charge in [0, 0.05) is 6.61 Å². The van der Waals surface area contributed by atoms with E-state index in [0.717, 1.165) is 13.0 Å². The molecule has 0 aromatic carbocycles. The monoisotopic (exact) mass is 362 g/mol. The van der Waals surface area contributed by atoms with Gasteiger partial charge in [-0.05, 0) is 6.42 Å². The van der Waals surface area contributed by atoms with E-state index in [2.05, 4.69) is 6.92 Å². The summed E-state index contributed by atoms with van der Waals surface area (Å²) < 4.78 is 16.0. The molecule has 0 unspecified atom stereocenters. The van der Waals surface area contributed by atoms with Crippen LogP contribution < -0.4 is 0 Å². The lowest BCUT2D eigenvalue weighted by Crippen LogP contribution is -2.53. The van der Waals surface area contributed by atoms with E-state index in [-0.39, 0.29) is 6.61 Å². The van der Waals surface area contributed by atoms with Crippen LogP contribution in [0.25, 0.3) is 0 Å². The van der Waals surface area contributed by atoms with Crippen molar-refractivity contribution in [3.8, 4) is 0 Å². The number of aliphatic hydroxyl groups is 3. The molecule has 0 spiro atoms. The first-order valence-corrected chi connectivity index (χ1v) is 10.0. The molecule has 0 aromatic heterocycles. The normalized spacial score (nSPS) is 26.9. The standard InChI is InChI=1S/C19H38O6/c1-2-3-4-5-6-7-8-9-10-11-12-23-13-14-24-19-18(22)17(21)16(20)15-25-19/h16-22H,2-15H2,1H3/t16-,17+,18-,19+/m1/s1. The van der Waals surface area contributed by atoms with Crippen molar-refractivity contribution >= 4 is 0 Å². The lowest BCUT2D eigenvalue weighted by atomic mass is 10.1. The zero-order valence-corrected chi connectivity index (χ0v) is 15.8. The highest BCUT2D eigenvalue weighted by Gasteiger charge is 2.37. The Bertz CT molecular complexity index is 302. The topological polar surface area (TPSA) is 88.4 Å². The highest BCUT2D eigenvalue weighted by Crippen LogP contribution is 2.16. The average molecular weight is 363 g/mol. The summed E-state index contributed by atoms with van der Waals surface area (Å²) in [5.74, 6) is 0. The van der Waals surface area contributed by atoms with E-state index in [4.69, 9.17) is 14.2 Å². The molecule has 0 aromatic rings. The van der Waals surface area contributed by atoms with Gasteiger partial charge in [-0.2, -0.15) is 0 Å². The molecule has 6 nitrogen and oxygen atoms in total. The van der Waals surface area contributed by atoms with Gasteiger partial charge in [0.2, 0.25) is 0 Å². The molecule has 1 heterocycles. The Balaban J connectivity index is 1.82. The van der Waals surface area contributed by atoms with Crippen molar-refractivity contribution in [2.75, 3.05) is 26.4 Å². The molecule has 4 atom stereocenters. The van der Waals surface area contributed by atoms with Crippen molar-refractivity contribution in [2.24, 2.45) is 0 Å². The number of hydrogen-bond donors (Lipinski definition) is 3. The van der Waals surface area contributed by atoms with E-state index in [1.54, 1.807) is 0 Å². The average Bonchev–Trinajstić information content (AvgIpc) is 2.61. The number of aliphatic hydroxyl groups excluding tert-OH is 3. The third-order valence-electron chi connectivity index (χ3n) is 4.61. The molecule has 0 radical (unpaired) electrons. The van der Waals surface area contributed by atoms with Gasteiger partial charge in [-0.15, -0.1) is 0 Å². The van der Waals surface area contributed by atoms with Gasteiger partial charge in [0.25, 0.3) is 0 Å². The third kappa shape index (κ3) is 10.5. The maximum absolute atomic E-state index is 9.71. The molecule has 1 fully saturated rings. The predicted octanol–water partition coefficient (Wildman–Crippen LogP) is 2.38. The van der Waals surface area contributed by atoms with Crippen molar-refractivity contribution in [3.05, 3.63) is 0 Å². The van der Waals surface area contributed by atoms with Gasteiger partial charge in [0.1, 0.15) is 18.3 Å². The Morgan fingerprint density at radius 1 is 0.760 bits per heavy atom. The Morgan fingerprint density at radius 2 is 1.36 bits per heavy atom. The van der Waals surface area contributed by atoms with Crippen molar-refractivity contribution in [1.82, 2.24) is 0 Å². The van der Waals surface area contributed by atoms with Crippen molar-refractivity contribution in [3.63, 3.8) is 0 Å².